The number of benzene rings is 1. The SMILES string of the molecule is CCC1CCCCC1NC(=O)[C@@H](N)CCc1ccccc1. The van der Waals surface area contributed by atoms with Gasteiger partial charge in [0.15, 0.2) is 0 Å². The molecular formula is C18H28N2O. The van der Waals surface area contributed by atoms with Gasteiger partial charge < -0.3 is 11.1 Å². The van der Waals surface area contributed by atoms with Crippen molar-refractivity contribution in [2.24, 2.45) is 11.7 Å². The second-order valence-electron chi connectivity index (χ2n) is 6.20. The fourth-order valence-electron chi connectivity index (χ4n) is 3.27. The Morgan fingerprint density at radius 1 is 1.29 bits per heavy atom. The van der Waals surface area contributed by atoms with Crippen LogP contribution in [-0.2, 0) is 11.2 Å². The zero-order chi connectivity index (χ0) is 15.1. The van der Waals surface area contributed by atoms with E-state index >= 15 is 0 Å². The van der Waals surface area contributed by atoms with Gasteiger partial charge in [-0.25, -0.2) is 0 Å². The highest BCUT2D eigenvalue weighted by atomic mass is 16.2. The van der Waals surface area contributed by atoms with Gasteiger partial charge in [0, 0.05) is 6.04 Å². The first-order valence-electron chi connectivity index (χ1n) is 8.30. The van der Waals surface area contributed by atoms with Gasteiger partial charge >= 0.3 is 0 Å². The van der Waals surface area contributed by atoms with Crippen LogP contribution in [0, 0.1) is 5.92 Å². The lowest BCUT2D eigenvalue weighted by molar-refractivity contribution is -0.123. The van der Waals surface area contributed by atoms with Gasteiger partial charge in [0.1, 0.15) is 0 Å². The molecule has 1 saturated carbocycles. The maximum atomic E-state index is 12.3. The second-order valence-corrected chi connectivity index (χ2v) is 6.20. The molecule has 0 aromatic heterocycles. The molecule has 0 bridgehead atoms. The Hall–Kier alpha value is -1.35. The quantitative estimate of drug-likeness (QED) is 0.845. The van der Waals surface area contributed by atoms with Crippen molar-refractivity contribution < 1.29 is 4.79 Å². The first-order chi connectivity index (χ1) is 10.2. The van der Waals surface area contributed by atoms with Gasteiger partial charge in [-0.1, -0.05) is 56.5 Å². The van der Waals surface area contributed by atoms with Gasteiger partial charge in [-0.15, -0.1) is 0 Å². The van der Waals surface area contributed by atoms with Gasteiger partial charge in [-0.05, 0) is 37.2 Å². The van der Waals surface area contributed by atoms with Crippen molar-refractivity contribution in [1.29, 1.82) is 0 Å². The molecule has 1 amide bonds. The maximum Gasteiger partial charge on any atom is 0.237 e. The second kappa shape index (κ2) is 8.18. The van der Waals surface area contributed by atoms with Crippen molar-refractivity contribution in [3.05, 3.63) is 35.9 Å². The van der Waals surface area contributed by atoms with Gasteiger partial charge in [-0.3, -0.25) is 4.79 Å². The molecule has 0 aliphatic heterocycles. The Balaban J connectivity index is 1.79. The average molecular weight is 288 g/mol. The van der Waals surface area contributed by atoms with E-state index in [0.717, 1.165) is 19.3 Å². The Bertz CT molecular complexity index is 432. The van der Waals surface area contributed by atoms with Crippen LogP contribution in [0.4, 0.5) is 0 Å². The number of amides is 1. The van der Waals surface area contributed by atoms with Crippen molar-refractivity contribution in [1.82, 2.24) is 5.32 Å². The number of nitrogens with one attached hydrogen (secondary N) is 1. The van der Waals surface area contributed by atoms with Crippen molar-refractivity contribution in [3.63, 3.8) is 0 Å². The van der Waals surface area contributed by atoms with E-state index in [9.17, 15) is 4.79 Å². The van der Waals surface area contributed by atoms with Crippen molar-refractivity contribution >= 4 is 5.91 Å². The van der Waals surface area contributed by atoms with Crippen LogP contribution >= 0.6 is 0 Å². The summed E-state index contributed by atoms with van der Waals surface area (Å²) in [7, 11) is 0. The normalized spacial score (nSPS) is 23.5. The van der Waals surface area contributed by atoms with Crippen LogP contribution in [0.15, 0.2) is 30.3 Å². The van der Waals surface area contributed by atoms with Crippen LogP contribution in [-0.4, -0.2) is 18.0 Å². The molecule has 3 nitrogen and oxygen atoms in total. The molecule has 116 valence electrons. The number of rotatable bonds is 6. The fourth-order valence-corrected chi connectivity index (χ4v) is 3.27. The number of nitrogens with two attached hydrogens (primary N) is 1. The summed E-state index contributed by atoms with van der Waals surface area (Å²) < 4.78 is 0. The average Bonchev–Trinajstić information content (AvgIpc) is 2.54. The molecule has 1 fully saturated rings. The van der Waals surface area contributed by atoms with E-state index < -0.39 is 6.04 Å². The number of hydrogen-bond donors (Lipinski definition) is 2. The summed E-state index contributed by atoms with van der Waals surface area (Å²) in [6, 6.07) is 10.1. The van der Waals surface area contributed by atoms with Crippen LogP contribution in [0.2, 0.25) is 0 Å². The minimum Gasteiger partial charge on any atom is -0.352 e. The highest BCUT2D eigenvalue weighted by Gasteiger charge is 2.26. The Morgan fingerprint density at radius 2 is 2.00 bits per heavy atom. The molecule has 2 rings (SSSR count). The summed E-state index contributed by atoms with van der Waals surface area (Å²) in [5.41, 5.74) is 7.30. The topological polar surface area (TPSA) is 55.1 Å². The molecule has 3 atom stereocenters. The molecule has 0 spiro atoms. The minimum atomic E-state index is -0.398. The van der Waals surface area contributed by atoms with Crippen molar-refractivity contribution in [3.8, 4) is 0 Å². The molecule has 1 aromatic carbocycles. The molecule has 1 aliphatic rings. The van der Waals surface area contributed by atoms with Crippen LogP contribution in [0.5, 0.6) is 0 Å². The minimum absolute atomic E-state index is 0.0243. The third kappa shape index (κ3) is 4.85. The molecule has 3 N–H and O–H groups in total. The highest BCUT2D eigenvalue weighted by Crippen LogP contribution is 2.26. The fraction of sp³-hybridized carbons (Fsp3) is 0.611. The lowest BCUT2D eigenvalue weighted by atomic mass is 9.82. The van der Waals surface area contributed by atoms with Crippen LogP contribution in [0.3, 0.4) is 0 Å². The lowest BCUT2D eigenvalue weighted by Gasteiger charge is -2.32. The van der Waals surface area contributed by atoms with E-state index in [1.54, 1.807) is 0 Å². The molecule has 2 unspecified atom stereocenters. The summed E-state index contributed by atoms with van der Waals surface area (Å²) in [5, 5.41) is 3.19. The van der Waals surface area contributed by atoms with E-state index in [1.807, 2.05) is 18.2 Å². The first-order valence-corrected chi connectivity index (χ1v) is 8.30. The lowest BCUT2D eigenvalue weighted by Crippen LogP contribution is -2.49. The smallest absolute Gasteiger partial charge is 0.237 e. The van der Waals surface area contributed by atoms with Crippen LogP contribution in [0.25, 0.3) is 0 Å². The van der Waals surface area contributed by atoms with E-state index in [1.165, 1.54) is 24.8 Å². The number of carbonyl (C=O) groups excluding carboxylic acids is 1. The summed E-state index contributed by atoms with van der Waals surface area (Å²) in [6.07, 6.45) is 7.57. The standard InChI is InChI=1S/C18H28N2O/c1-2-15-10-6-7-11-17(15)20-18(21)16(19)13-12-14-8-4-3-5-9-14/h3-5,8-9,15-17H,2,6-7,10-13,19H2,1H3,(H,20,21)/t15?,16-,17?/m0/s1. The Morgan fingerprint density at radius 3 is 2.71 bits per heavy atom. The summed E-state index contributed by atoms with van der Waals surface area (Å²) >= 11 is 0. The third-order valence-corrected chi connectivity index (χ3v) is 4.68. The molecule has 1 aliphatic carbocycles. The van der Waals surface area contributed by atoms with E-state index in [2.05, 4.69) is 24.4 Å². The van der Waals surface area contributed by atoms with Gasteiger partial charge in [0.2, 0.25) is 5.91 Å². The maximum absolute atomic E-state index is 12.3. The van der Waals surface area contributed by atoms with Gasteiger partial charge in [0.05, 0.1) is 6.04 Å². The largest absolute Gasteiger partial charge is 0.352 e. The Kier molecular flexibility index (Phi) is 6.24. The van der Waals surface area contributed by atoms with Gasteiger partial charge in [0.25, 0.3) is 0 Å². The van der Waals surface area contributed by atoms with E-state index in [4.69, 9.17) is 5.73 Å². The molecule has 0 radical (unpaired) electrons. The third-order valence-electron chi connectivity index (χ3n) is 4.68. The highest BCUT2D eigenvalue weighted by molar-refractivity contribution is 5.81. The molecule has 3 heteroatoms. The number of carbonyl (C=O) groups is 1. The summed E-state index contributed by atoms with van der Waals surface area (Å²) in [5.74, 6) is 0.653. The molecular weight excluding hydrogens is 260 g/mol. The number of aryl methyl sites for hydroxylation is 1. The molecule has 0 heterocycles. The molecule has 1 aromatic rings. The Labute approximate surface area is 128 Å². The van der Waals surface area contributed by atoms with Gasteiger partial charge in [-0.2, -0.15) is 0 Å². The zero-order valence-corrected chi connectivity index (χ0v) is 13.1. The van der Waals surface area contributed by atoms with E-state index in [-0.39, 0.29) is 5.91 Å². The van der Waals surface area contributed by atoms with E-state index in [0.29, 0.717) is 18.4 Å². The van der Waals surface area contributed by atoms with Crippen molar-refractivity contribution in [2.45, 2.75) is 64.0 Å². The van der Waals surface area contributed by atoms with Crippen LogP contribution in [0.1, 0.15) is 51.0 Å². The predicted molar refractivity (Wildman–Crippen MR) is 86.9 cm³/mol. The zero-order valence-electron chi connectivity index (χ0n) is 13.1. The van der Waals surface area contributed by atoms with Crippen molar-refractivity contribution in [2.75, 3.05) is 0 Å². The van der Waals surface area contributed by atoms with Crippen LogP contribution < -0.4 is 11.1 Å². The first kappa shape index (κ1) is 16.0. The number of hydrogen-bond acceptors (Lipinski definition) is 2. The predicted octanol–water partition coefficient (Wildman–Crippen LogP) is 3.03. The molecule has 21 heavy (non-hydrogen) atoms. The monoisotopic (exact) mass is 288 g/mol. The summed E-state index contributed by atoms with van der Waals surface area (Å²) in [6.45, 7) is 2.21. The summed E-state index contributed by atoms with van der Waals surface area (Å²) in [4.78, 5) is 12.3. The molecule has 0 saturated heterocycles.